The highest BCUT2D eigenvalue weighted by atomic mass is 32.1. The maximum Gasteiger partial charge on any atom is 0.271 e. The van der Waals surface area contributed by atoms with Crippen molar-refractivity contribution in [2.24, 2.45) is 4.99 Å². The number of carbonyl (C=O) groups is 1. The third-order valence-corrected chi connectivity index (χ3v) is 7.72. The molecule has 0 radical (unpaired) electrons. The fourth-order valence-corrected chi connectivity index (χ4v) is 5.68. The number of benzene rings is 3. The molecule has 3 aromatic carbocycles. The number of thiazole rings is 1. The predicted octanol–water partition coefficient (Wildman–Crippen LogP) is 4.86. The second kappa shape index (κ2) is 11.6. The molecule has 0 aliphatic carbocycles. The lowest BCUT2D eigenvalue weighted by atomic mass is 9.94. The van der Waals surface area contributed by atoms with Gasteiger partial charge in [0, 0.05) is 5.69 Å². The quantitative estimate of drug-likeness (QED) is 0.356. The summed E-state index contributed by atoms with van der Waals surface area (Å²) < 4.78 is 13.1. The summed E-state index contributed by atoms with van der Waals surface area (Å²) in [5.74, 6) is 0.728. The van der Waals surface area contributed by atoms with Gasteiger partial charge in [-0.1, -0.05) is 78.1 Å². The van der Waals surface area contributed by atoms with Gasteiger partial charge < -0.3 is 14.8 Å². The van der Waals surface area contributed by atoms with Crippen molar-refractivity contribution < 1.29 is 14.3 Å². The van der Waals surface area contributed by atoms with Crippen LogP contribution in [-0.2, 0) is 4.79 Å². The molecular weight excluding hydrogens is 522 g/mol. The van der Waals surface area contributed by atoms with Crippen molar-refractivity contribution in [3.63, 3.8) is 0 Å². The predicted molar refractivity (Wildman–Crippen MR) is 159 cm³/mol. The number of hydrogen-bond acceptors (Lipinski definition) is 6. The normalized spacial score (nSPS) is 15.1. The average molecular weight is 552 g/mol. The molecule has 1 aromatic heterocycles. The molecule has 5 rings (SSSR count). The van der Waals surface area contributed by atoms with Crippen LogP contribution in [0, 0.1) is 6.92 Å². The largest absolute Gasteiger partial charge is 0.493 e. The molecule has 1 amide bonds. The van der Waals surface area contributed by atoms with Crippen LogP contribution in [0.1, 0.15) is 29.7 Å². The minimum Gasteiger partial charge on any atom is -0.493 e. The molecule has 4 aromatic rings. The highest BCUT2D eigenvalue weighted by molar-refractivity contribution is 7.07. The monoisotopic (exact) mass is 551 g/mol. The summed E-state index contributed by atoms with van der Waals surface area (Å²) in [5, 5.41) is 3.03. The molecule has 0 bridgehead atoms. The molecule has 0 unspecified atom stereocenters. The van der Waals surface area contributed by atoms with Gasteiger partial charge in [-0.25, -0.2) is 4.99 Å². The van der Waals surface area contributed by atoms with E-state index in [-0.39, 0.29) is 11.5 Å². The summed E-state index contributed by atoms with van der Waals surface area (Å²) in [7, 11) is 3.12. The molecule has 7 nitrogen and oxygen atoms in total. The van der Waals surface area contributed by atoms with Crippen LogP contribution < -0.4 is 29.7 Å². The summed E-state index contributed by atoms with van der Waals surface area (Å²) in [4.78, 5) is 32.9. The van der Waals surface area contributed by atoms with Gasteiger partial charge in [0.15, 0.2) is 16.3 Å². The molecule has 0 saturated heterocycles. The first-order valence-electron chi connectivity index (χ1n) is 12.7. The number of anilines is 1. The van der Waals surface area contributed by atoms with E-state index >= 15 is 0 Å². The summed E-state index contributed by atoms with van der Waals surface area (Å²) in [6.45, 7) is 3.73. The Labute approximate surface area is 236 Å². The van der Waals surface area contributed by atoms with E-state index in [0.29, 0.717) is 43.4 Å². The lowest BCUT2D eigenvalue weighted by Crippen LogP contribution is -2.40. The molecule has 0 spiro atoms. The third kappa shape index (κ3) is 5.26. The number of ether oxygens (including phenoxy) is 2. The molecule has 0 saturated carbocycles. The topological polar surface area (TPSA) is 81.9 Å². The number of methoxy groups -OCH3 is 2. The first kappa shape index (κ1) is 26.9. The minimum atomic E-state index is -0.722. The Hall–Kier alpha value is -4.69. The van der Waals surface area contributed by atoms with E-state index in [1.807, 2.05) is 79.7 Å². The van der Waals surface area contributed by atoms with Crippen LogP contribution in [0.3, 0.4) is 0 Å². The van der Waals surface area contributed by atoms with Crippen LogP contribution in [0.5, 0.6) is 11.5 Å². The summed E-state index contributed by atoms with van der Waals surface area (Å²) in [5.41, 5.74) is 4.06. The van der Waals surface area contributed by atoms with Crippen LogP contribution in [0.2, 0.25) is 0 Å². The van der Waals surface area contributed by atoms with Gasteiger partial charge in [0.05, 0.1) is 36.1 Å². The number of nitrogens with zero attached hydrogens (tertiary/aromatic N) is 2. The van der Waals surface area contributed by atoms with Crippen LogP contribution >= 0.6 is 11.3 Å². The molecule has 1 aliphatic heterocycles. The smallest absolute Gasteiger partial charge is 0.271 e. The number of hydrogen-bond donors (Lipinski definition) is 1. The van der Waals surface area contributed by atoms with E-state index in [2.05, 4.69) is 5.32 Å². The zero-order valence-corrected chi connectivity index (χ0v) is 23.5. The van der Waals surface area contributed by atoms with Crippen molar-refractivity contribution in [3.8, 4) is 11.5 Å². The van der Waals surface area contributed by atoms with Crippen molar-refractivity contribution in [1.29, 1.82) is 0 Å². The zero-order valence-electron chi connectivity index (χ0n) is 22.7. The zero-order chi connectivity index (χ0) is 28.2. The van der Waals surface area contributed by atoms with Gasteiger partial charge in [0.25, 0.3) is 11.5 Å². The van der Waals surface area contributed by atoms with Gasteiger partial charge in [-0.3, -0.25) is 14.2 Å². The van der Waals surface area contributed by atoms with E-state index in [1.54, 1.807) is 43.9 Å². The summed E-state index contributed by atoms with van der Waals surface area (Å²) in [6, 6.07) is 22.1. The Balaban J connectivity index is 1.65. The van der Waals surface area contributed by atoms with Crippen LogP contribution in [0.4, 0.5) is 5.69 Å². The molecule has 40 heavy (non-hydrogen) atoms. The lowest BCUT2D eigenvalue weighted by molar-refractivity contribution is -0.113. The number of para-hydroxylation sites is 1. The molecule has 1 aliphatic rings. The lowest BCUT2D eigenvalue weighted by Gasteiger charge is -2.26. The number of fused-ring (bicyclic) bond motifs is 1. The number of aryl methyl sites for hydroxylation is 1. The Bertz CT molecular complexity index is 1820. The first-order valence-corrected chi connectivity index (χ1v) is 13.6. The van der Waals surface area contributed by atoms with Crippen molar-refractivity contribution >= 4 is 35.1 Å². The highest BCUT2D eigenvalue weighted by Crippen LogP contribution is 2.36. The average Bonchev–Trinajstić information content (AvgIpc) is 3.27. The number of amides is 1. The van der Waals surface area contributed by atoms with Crippen LogP contribution in [-0.4, -0.2) is 24.7 Å². The summed E-state index contributed by atoms with van der Waals surface area (Å²) in [6.07, 6.45) is 5.58. The first-order chi connectivity index (χ1) is 19.4. The highest BCUT2D eigenvalue weighted by Gasteiger charge is 2.33. The van der Waals surface area contributed by atoms with Crippen molar-refractivity contribution in [3.05, 3.63) is 127 Å². The molecule has 202 valence electrons. The maximum atomic E-state index is 13.8. The van der Waals surface area contributed by atoms with E-state index in [1.165, 1.54) is 11.3 Å². The van der Waals surface area contributed by atoms with Gasteiger partial charge in [-0.2, -0.15) is 0 Å². The van der Waals surface area contributed by atoms with E-state index < -0.39 is 6.04 Å². The fourth-order valence-electron chi connectivity index (χ4n) is 4.68. The number of allylic oxidation sites excluding steroid dienone is 2. The number of aromatic nitrogens is 1. The Morgan fingerprint density at radius 2 is 1.70 bits per heavy atom. The van der Waals surface area contributed by atoms with Crippen LogP contribution in [0.15, 0.2) is 99.9 Å². The molecular formula is C32H29N3O4S. The second-order valence-corrected chi connectivity index (χ2v) is 10.3. The van der Waals surface area contributed by atoms with E-state index in [9.17, 15) is 9.59 Å². The molecule has 1 atom stereocenters. The molecule has 8 heteroatoms. The SMILES string of the molecule is COc1ccc([C@H]2C(C(=O)Nc3ccccc3C)=C(C)N=c3s/c(=C\C=C\c4ccccc4)c(=O)n32)cc1OC. The van der Waals surface area contributed by atoms with Gasteiger partial charge in [-0.15, -0.1) is 0 Å². The van der Waals surface area contributed by atoms with Crippen molar-refractivity contribution in [2.45, 2.75) is 19.9 Å². The van der Waals surface area contributed by atoms with Gasteiger partial charge in [0.2, 0.25) is 0 Å². The second-order valence-electron chi connectivity index (χ2n) is 9.26. The fraction of sp³-hybridized carbons (Fsp3) is 0.156. The Morgan fingerprint density at radius 3 is 2.42 bits per heavy atom. The Morgan fingerprint density at radius 1 is 0.975 bits per heavy atom. The number of rotatable bonds is 7. The minimum absolute atomic E-state index is 0.227. The number of nitrogens with one attached hydrogen (secondary N) is 1. The Kier molecular flexibility index (Phi) is 7.79. The van der Waals surface area contributed by atoms with Gasteiger partial charge in [0.1, 0.15) is 0 Å². The number of carbonyl (C=O) groups excluding carboxylic acids is 1. The van der Waals surface area contributed by atoms with Crippen LogP contribution in [0.25, 0.3) is 12.2 Å². The van der Waals surface area contributed by atoms with E-state index in [0.717, 1.165) is 11.1 Å². The van der Waals surface area contributed by atoms with Crippen molar-refractivity contribution in [1.82, 2.24) is 4.57 Å². The summed E-state index contributed by atoms with van der Waals surface area (Å²) >= 11 is 1.29. The molecule has 0 fully saturated rings. The third-order valence-electron chi connectivity index (χ3n) is 6.72. The van der Waals surface area contributed by atoms with E-state index in [4.69, 9.17) is 14.5 Å². The van der Waals surface area contributed by atoms with Gasteiger partial charge in [-0.05, 0) is 54.8 Å². The maximum absolute atomic E-state index is 13.8. The molecule has 1 N–H and O–H groups in total. The standard InChI is InChI=1S/C32H29N3O4S/c1-20-11-8-9-15-24(20)34-30(36)28-21(2)33-32-35(29(28)23-17-18-25(38-3)26(19-23)39-4)31(37)27(40-32)16-10-14-22-12-6-5-7-13-22/h5-19,29H,1-4H3,(H,34,36)/b14-10+,27-16-/t29-/m0/s1. The van der Waals surface area contributed by atoms with Gasteiger partial charge >= 0.3 is 0 Å². The molecule has 2 heterocycles. The van der Waals surface area contributed by atoms with Crippen molar-refractivity contribution in [2.75, 3.05) is 19.5 Å².